The molecule has 4 rings (SSSR count). The molecule has 6 nitrogen and oxygen atoms in total. The zero-order valence-corrected chi connectivity index (χ0v) is 19.2. The van der Waals surface area contributed by atoms with Gasteiger partial charge < -0.3 is 13.7 Å². The van der Waals surface area contributed by atoms with Gasteiger partial charge in [0.2, 0.25) is 11.8 Å². The van der Waals surface area contributed by atoms with E-state index in [0.29, 0.717) is 24.1 Å². The summed E-state index contributed by atoms with van der Waals surface area (Å²) in [6.45, 7) is 0.388. The summed E-state index contributed by atoms with van der Waals surface area (Å²) in [6, 6.07) is 21.6. The molecule has 0 atom stereocenters. The van der Waals surface area contributed by atoms with Crippen LogP contribution in [0.1, 0.15) is 17.2 Å². The molecule has 0 saturated carbocycles. The van der Waals surface area contributed by atoms with Gasteiger partial charge in [-0.3, -0.25) is 4.79 Å². The van der Waals surface area contributed by atoms with Crippen LogP contribution in [-0.2, 0) is 17.8 Å². The van der Waals surface area contributed by atoms with Crippen LogP contribution in [0, 0.1) is 0 Å². The molecule has 2 aromatic carbocycles. The standard InChI is InChI=1S/C23H20BrN3O3S/c1-27(14-19-11-12-20(29-19)17-7-9-18(24)10-8-17)22(28)15-31-23-26-25-21(30-23)13-16-5-3-2-4-6-16/h2-12H,13-15H2,1H3. The Hall–Kier alpha value is -2.84. The number of rotatable bonds is 8. The van der Waals surface area contributed by atoms with E-state index in [4.69, 9.17) is 8.83 Å². The maximum Gasteiger partial charge on any atom is 0.277 e. The Kier molecular flexibility index (Phi) is 6.89. The number of benzene rings is 2. The lowest BCUT2D eigenvalue weighted by molar-refractivity contribution is -0.127. The van der Waals surface area contributed by atoms with Gasteiger partial charge in [-0.2, -0.15) is 0 Å². The predicted octanol–water partition coefficient (Wildman–Crippen LogP) is 5.43. The van der Waals surface area contributed by atoms with Crippen LogP contribution in [0.4, 0.5) is 0 Å². The summed E-state index contributed by atoms with van der Waals surface area (Å²) in [5.41, 5.74) is 2.08. The zero-order valence-electron chi connectivity index (χ0n) is 16.8. The second-order valence-electron chi connectivity index (χ2n) is 6.94. The highest BCUT2D eigenvalue weighted by Crippen LogP contribution is 2.25. The monoisotopic (exact) mass is 497 g/mol. The van der Waals surface area contributed by atoms with Crippen molar-refractivity contribution >= 4 is 33.6 Å². The molecule has 4 aromatic rings. The summed E-state index contributed by atoms with van der Waals surface area (Å²) in [7, 11) is 1.75. The molecule has 0 saturated heterocycles. The van der Waals surface area contributed by atoms with Gasteiger partial charge in [0.05, 0.1) is 18.7 Å². The van der Waals surface area contributed by atoms with Crippen LogP contribution >= 0.6 is 27.7 Å². The number of furan rings is 1. The van der Waals surface area contributed by atoms with Gasteiger partial charge in [0.1, 0.15) is 11.5 Å². The maximum atomic E-state index is 12.5. The van der Waals surface area contributed by atoms with Gasteiger partial charge in [-0.15, -0.1) is 10.2 Å². The Labute approximate surface area is 192 Å². The molecular weight excluding hydrogens is 478 g/mol. The van der Waals surface area contributed by atoms with E-state index in [-0.39, 0.29) is 11.7 Å². The average molecular weight is 498 g/mol. The van der Waals surface area contributed by atoms with Crippen LogP contribution in [0.25, 0.3) is 11.3 Å². The number of halogens is 1. The van der Waals surface area contributed by atoms with E-state index in [9.17, 15) is 4.79 Å². The molecule has 8 heteroatoms. The van der Waals surface area contributed by atoms with Crippen LogP contribution in [0.2, 0.25) is 0 Å². The van der Waals surface area contributed by atoms with E-state index < -0.39 is 0 Å². The molecule has 0 bridgehead atoms. The number of thioether (sulfide) groups is 1. The van der Waals surface area contributed by atoms with Gasteiger partial charge >= 0.3 is 0 Å². The van der Waals surface area contributed by atoms with Crippen molar-refractivity contribution in [3.05, 3.63) is 88.4 Å². The molecule has 0 aliphatic rings. The Morgan fingerprint density at radius 1 is 1.00 bits per heavy atom. The largest absolute Gasteiger partial charge is 0.459 e. The van der Waals surface area contributed by atoms with E-state index in [1.54, 1.807) is 11.9 Å². The minimum absolute atomic E-state index is 0.0469. The van der Waals surface area contributed by atoms with Gasteiger partial charge in [-0.1, -0.05) is 70.2 Å². The number of carbonyl (C=O) groups is 1. The number of amides is 1. The Bertz CT molecular complexity index is 1140. The fraction of sp³-hybridized carbons (Fsp3) is 0.174. The van der Waals surface area contributed by atoms with Crippen molar-refractivity contribution in [2.45, 2.75) is 18.2 Å². The Morgan fingerprint density at radius 3 is 2.55 bits per heavy atom. The van der Waals surface area contributed by atoms with Crippen LogP contribution in [0.15, 0.2) is 85.3 Å². The molecule has 0 unspecified atom stereocenters. The lowest BCUT2D eigenvalue weighted by atomic mass is 10.2. The molecule has 2 heterocycles. The normalized spacial score (nSPS) is 10.9. The predicted molar refractivity (Wildman–Crippen MR) is 123 cm³/mol. The molecule has 0 spiro atoms. The van der Waals surface area contributed by atoms with E-state index in [0.717, 1.165) is 27.1 Å². The third kappa shape index (κ3) is 5.86. The molecule has 158 valence electrons. The highest BCUT2D eigenvalue weighted by Gasteiger charge is 2.15. The minimum Gasteiger partial charge on any atom is -0.459 e. The Balaban J connectivity index is 1.28. The first-order chi connectivity index (χ1) is 15.1. The van der Waals surface area contributed by atoms with Gasteiger partial charge in [-0.25, -0.2) is 0 Å². The maximum absolute atomic E-state index is 12.5. The third-order valence-electron chi connectivity index (χ3n) is 4.57. The fourth-order valence-electron chi connectivity index (χ4n) is 2.93. The summed E-state index contributed by atoms with van der Waals surface area (Å²) in [5.74, 6) is 2.19. The minimum atomic E-state index is -0.0469. The van der Waals surface area contributed by atoms with Gasteiger partial charge in [0.15, 0.2) is 0 Å². The molecule has 0 aliphatic heterocycles. The third-order valence-corrected chi connectivity index (χ3v) is 5.91. The number of carbonyl (C=O) groups excluding carboxylic acids is 1. The van der Waals surface area contributed by atoms with Crippen LogP contribution in [-0.4, -0.2) is 33.8 Å². The number of aromatic nitrogens is 2. The molecular formula is C23H20BrN3O3S. The van der Waals surface area contributed by atoms with Gasteiger partial charge in [-0.05, 0) is 29.8 Å². The first-order valence-electron chi connectivity index (χ1n) is 9.64. The summed E-state index contributed by atoms with van der Waals surface area (Å²) in [5, 5.41) is 8.47. The molecule has 31 heavy (non-hydrogen) atoms. The lowest BCUT2D eigenvalue weighted by Gasteiger charge is -2.14. The molecule has 0 N–H and O–H groups in total. The van der Waals surface area contributed by atoms with Crippen molar-refractivity contribution in [2.75, 3.05) is 12.8 Å². The van der Waals surface area contributed by atoms with Crippen molar-refractivity contribution in [2.24, 2.45) is 0 Å². The second kappa shape index (κ2) is 9.98. The highest BCUT2D eigenvalue weighted by atomic mass is 79.9. The molecule has 0 radical (unpaired) electrons. The van der Waals surface area contributed by atoms with Crippen LogP contribution in [0.5, 0.6) is 0 Å². The topological polar surface area (TPSA) is 72.4 Å². The summed E-state index contributed by atoms with van der Waals surface area (Å²) >= 11 is 4.66. The SMILES string of the molecule is CN(Cc1ccc(-c2ccc(Br)cc2)o1)C(=O)CSc1nnc(Cc2ccccc2)o1. The first-order valence-corrected chi connectivity index (χ1v) is 11.4. The molecule has 2 aromatic heterocycles. The Morgan fingerprint density at radius 2 is 1.77 bits per heavy atom. The number of hydrogen-bond donors (Lipinski definition) is 0. The first kappa shape index (κ1) is 21.4. The van der Waals surface area contributed by atoms with Crippen molar-refractivity contribution in [3.63, 3.8) is 0 Å². The van der Waals surface area contributed by atoms with Gasteiger partial charge in [0, 0.05) is 17.1 Å². The molecule has 1 amide bonds. The fourth-order valence-corrected chi connectivity index (χ4v) is 3.91. The zero-order chi connectivity index (χ0) is 21.6. The highest BCUT2D eigenvalue weighted by molar-refractivity contribution is 9.10. The van der Waals surface area contributed by atoms with E-state index >= 15 is 0 Å². The van der Waals surface area contributed by atoms with E-state index in [1.807, 2.05) is 66.7 Å². The number of nitrogens with zero attached hydrogens (tertiary/aromatic N) is 3. The van der Waals surface area contributed by atoms with E-state index in [2.05, 4.69) is 26.1 Å². The average Bonchev–Trinajstić information content (AvgIpc) is 3.43. The van der Waals surface area contributed by atoms with Crippen molar-refractivity contribution < 1.29 is 13.6 Å². The summed E-state index contributed by atoms with van der Waals surface area (Å²) in [4.78, 5) is 14.1. The quantitative estimate of drug-likeness (QED) is 0.302. The van der Waals surface area contributed by atoms with Crippen LogP contribution in [0.3, 0.4) is 0 Å². The van der Waals surface area contributed by atoms with Crippen molar-refractivity contribution in [3.8, 4) is 11.3 Å². The number of hydrogen-bond acceptors (Lipinski definition) is 6. The summed E-state index contributed by atoms with van der Waals surface area (Å²) in [6.07, 6.45) is 0.571. The van der Waals surface area contributed by atoms with Gasteiger partial charge in [0.25, 0.3) is 5.22 Å². The van der Waals surface area contributed by atoms with E-state index in [1.165, 1.54) is 11.8 Å². The van der Waals surface area contributed by atoms with Crippen LogP contribution < -0.4 is 0 Å². The van der Waals surface area contributed by atoms with Crippen molar-refractivity contribution in [1.82, 2.24) is 15.1 Å². The second-order valence-corrected chi connectivity index (χ2v) is 8.78. The van der Waals surface area contributed by atoms with Crippen molar-refractivity contribution in [1.29, 1.82) is 0 Å². The summed E-state index contributed by atoms with van der Waals surface area (Å²) < 4.78 is 12.6. The molecule has 0 aliphatic carbocycles. The smallest absolute Gasteiger partial charge is 0.277 e. The molecule has 0 fully saturated rings. The lowest BCUT2D eigenvalue weighted by Crippen LogP contribution is -2.27.